The molecule has 2 aromatic rings. The zero-order chi connectivity index (χ0) is 12.3. The molecule has 0 bridgehead atoms. The van der Waals surface area contributed by atoms with Crippen molar-refractivity contribution in [3.8, 4) is 0 Å². The van der Waals surface area contributed by atoms with E-state index in [1.807, 2.05) is 24.3 Å². The molecular formula is C13H15ClN2S. The third-order valence-corrected chi connectivity index (χ3v) is 3.99. The number of halogens is 1. The van der Waals surface area contributed by atoms with Gasteiger partial charge < -0.3 is 11.1 Å². The van der Waals surface area contributed by atoms with Gasteiger partial charge in [-0.1, -0.05) is 29.8 Å². The Morgan fingerprint density at radius 1 is 1.29 bits per heavy atom. The highest BCUT2D eigenvalue weighted by Gasteiger charge is 2.12. The van der Waals surface area contributed by atoms with Crippen molar-refractivity contribution in [1.29, 1.82) is 0 Å². The first-order chi connectivity index (χ1) is 8.20. The van der Waals surface area contributed by atoms with Gasteiger partial charge in [0.2, 0.25) is 0 Å². The molecule has 17 heavy (non-hydrogen) atoms. The Bertz CT molecular complexity index is 496. The average molecular weight is 267 g/mol. The van der Waals surface area contributed by atoms with Crippen molar-refractivity contribution in [2.45, 2.75) is 13.0 Å². The molecule has 1 aromatic heterocycles. The molecule has 0 aliphatic rings. The number of thiophene rings is 1. The van der Waals surface area contributed by atoms with Crippen LogP contribution in [-0.4, -0.2) is 6.54 Å². The van der Waals surface area contributed by atoms with E-state index in [9.17, 15) is 0 Å². The van der Waals surface area contributed by atoms with Gasteiger partial charge in [0.25, 0.3) is 0 Å². The normalized spacial score (nSPS) is 12.4. The molecule has 0 aliphatic carbocycles. The lowest BCUT2D eigenvalue weighted by atomic mass is 10.1. The van der Waals surface area contributed by atoms with Gasteiger partial charge in [0, 0.05) is 17.1 Å². The van der Waals surface area contributed by atoms with Crippen LogP contribution in [-0.2, 0) is 0 Å². The third kappa shape index (κ3) is 3.00. The zero-order valence-corrected chi connectivity index (χ0v) is 11.2. The van der Waals surface area contributed by atoms with E-state index in [0.717, 1.165) is 10.0 Å². The van der Waals surface area contributed by atoms with Crippen LogP contribution in [0.3, 0.4) is 0 Å². The van der Waals surface area contributed by atoms with Crippen LogP contribution in [0.1, 0.15) is 16.5 Å². The fourth-order valence-corrected chi connectivity index (χ4v) is 2.81. The fraction of sp³-hybridized carbons (Fsp3) is 0.231. The number of nitrogens with two attached hydrogens (primary N) is 1. The van der Waals surface area contributed by atoms with E-state index in [2.05, 4.69) is 24.4 Å². The second-order valence-electron chi connectivity index (χ2n) is 3.89. The standard InChI is InChI=1S/C13H15ClN2S/c1-9-4-2-3-5-10(9)16-11(8-15)12-6-7-13(14)17-12/h2-7,11,16H,8,15H2,1H3. The Kier molecular flexibility index (Phi) is 4.05. The van der Waals surface area contributed by atoms with Gasteiger partial charge in [-0.05, 0) is 30.7 Å². The van der Waals surface area contributed by atoms with E-state index in [1.54, 1.807) is 11.3 Å². The fourth-order valence-electron chi connectivity index (χ4n) is 1.68. The van der Waals surface area contributed by atoms with E-state index in [1.165, 1.54) is 10.4 Å². The van der Waals surface area contributed by atoms with Crippen LogP contribution in [0, 0.1) is 6.92 Å². The summed E-state index contributed by atoms with van der Waals surface area (Å²) in [6.45, 7) is 2.63. The van der Waals surface area contributed by atoms with Crippen molar-refractivity contribution >= 4 is 28.6 Å². The highest BCUT2D eigenvalue weighted by Crippen LogP contribution is 2.29. The molecule has 4 heteroatoms. The molecule has 2 nitrogen and oxygen atoms in total. The number of rotatable bonds is 4. The molecule has 2 rings (SSSR count). The van der Waals surface area contributed by atoms with Gasteiger partial charge in [0.1, 0.15) is 0 Å². The average Bonchev–Trinajstić information content (AvgIpc) is 2.75. The Labute approximate surface area is 110 Å². The van der Waals surface area contributed by atoms with Gasteiger partial charge in [0.05, 0.1) is 10.4 Å². The second kappa shape index (κ2) is 5.54. The van der Waals surface area contributed by atoms with Crippen LogP contribution in [0.15, 0.2) is 36.4 Å². The molecule has 0 saturated heterocycles. The highest BCUT2D eigenvalue weighted by molar-refractivity contribution is 7.16. The van der Waals surface area contributed by atoms with Crippen molar-refractivity contribution in [2.24, 2.45) is 5.73 Å². The maximum atomic E-state index is 5.95. The SMILES string of the molecule is Cc1ccccc1NC(CN)c1ccc(Cl)s1. The molecule has 0 aliphatic heterocycles. The van der Waals surface area contributed by atoms with Crippen molar-refractivity contribution in [3.63, 3.8) is 0 Å². The van der Waals surface area contributed by atoms with Crippen molar-refractivity contribution < 1.29 is 0 Å². The first-order valence-corrected chi connectivity index (χ1v) is 6.67. The maximum Gasteiger partial charge on any atom is 0.0932 e. The Morgan fingerprint density at radius 3 is 2.65 bits per heavy atom. The first-order valence-electron chi connectivity index (χ1n) is 5.48. The van der Waals surface area contributed by atoms with E-state index in [-0.39, 0.29) is 6.04 Å². The Balaban J connectivity index is 2.18. The molecule has 90 valence electrons. The summed E-state index contributed by atoms with van der Waals surface area (Å²) in [4.78, 5) is 1.17. The lowest BCUT2D eigenvalue weighted by molar-refractivity contribution is 0.804. The molecular weight excluding hydrogens is 252 g/mol. The molecule has 0 spiro atoms. The summed E-state index contributed by atoms with van der Waals surface area (Å²) in [5.74, 6) is 0. The van der Waals surface area contributed by atoms with Gasteiger partial charge in [-0.25, -0.2) is 0 Å². The van der Waals surface area contributed by atoms with Crippen LogP contribution in [0.2, 0.25) is 4.34 Å². The Morgan fingerprint density at radius 2 is 2.06 bits per heavy atom. The van der Waals surface area contributed by atoms with E-state index >= 15 is 0 Å². The molecule has 0 radical (unpaired) electrons. The Hall–Kier alpha value is -1.03. The van der Waals surface area contributed by atoms with E-state index in [0.29, 0.717) is 6.54 Å². The maximum absolute atomic E-state index is 5.95. The number of benzene rings is 1. The number of nitrogens with one attached hydrogen (secondary N) is 1. The monoisotopic (exact) mass is 266 g/mol. The minimum absolute atomic E-state index is 0.119. The predicted octanol–water partition coefficient (Wildman–Crippen LogP) is 3.82. The number of hydrogen-bond donors (Lipinski definition) is 2. The largest absolute Gasteiger partial charge is 0.376 e. The number of para-hydroxylation sites is 1. The first kappa shape index (κ1) is 12.4. The molecule has 3 N–H and O–H groups in total. The van der Waals surface area contributed by atoms with Crippen LogP contribution < -0.4 is 11.1 Å². The molecule has 0 saturated carbocycles. The molecule has 1 atom stereocenters. The summed E-state index contributed by atoms with van der Waals surface area (Å²) in [6, 6.07) is 12.2. The van der Waals surface area contributed by atoms with Crippen molar-refractivity contribution in [1.82, 2.24) is 0 Å². The third-order valence-electron chi connectivity index (χ3n) is 2.65. The number of anilines is 1. The van der Waals surface area contributed by atoms with Crippen LogP contribution in [0.4, 0.5) is 5.69 Å². The van der Waals surface area contributed by atoms with Gasteiger partial charge in [-0.2, -0.15) is 0 Å². The summed E-state index contributed by atoms with van der Waals surface area (Å²) >= 11 is 7.51. The minimum Gasteiger partial charge on any atom is -0.376 e. The van der Waals surface area contributed by atoms with Crippen molar-refractivity contribution in [2.75, 3.05) is 11.9 Å². The summed E-state index contributed by atoms with van der Waals surface area (Å²) in [6.07, 6.45) is 0. The lowest BCUT2D eigenvalue weighted by Crippen LogP contribution is -2.19. The molecule has 1 heterocycles. The number of aryl methyl sites for hydroxylation is 1. The van der Waals surface area contributed by atoms with Gasteiger partial charge in [-0.15, -0.1) is 11.3 Å². The van der Waals surface area contributed by atoms with Gasteiger partial charge in [-0.3, -0.25) is 0 Å². The van der Waals surface area contributed by atoms with Crippen LogP contribution >= 0.6 is 22.9 Å². The highest BCUT2D eigenvalue weighted by atomic mass is 35.5. The molecule has 1 aromatic carbocycles. The van der Waals surface area contributed by atoms with E-state index in [4.69, 9.17) is 17.3 Å². The summed E-state index contributed by atoms with van der Waals surface area (Å²) < 4.78 is 0.796. The van der Waals surface area contributed by atoms with Crippen molar-refractivity contribution in [3.05, 3.63) is 51.2 Å². The summed E-state index contributed by atoms with van der Waals surface area (Å²) in [7, 11) is 0. The van der Waals surface area contributed by atoms with Crippen LogP contribution in [0.25, 0.3) is 0 Å². The lowest BCUT2D eigenvalue weighted by Gasteiger charge is -2.18. The molecule has 0 fully saturated rings. The zero-order valence-electron chi connectivity index (χ0n) is 9.61. The summed E-state index contributed by atoms with van der Waals surface area (Å²) in [5, 5.41) is 3.45. The number of hydrogen-bond acceptors (Lipinski definition) is 3. The van der Waals surface area contributed by atoms with E-state index < -0.39 is 0 Å². The van der Waals surface area contributed by atoms with Gasteiger partial charge >= 0.3 is 0 Å². The second-order valence-corrected chi connectivity index (χ2v) is 5.64. The smallest absolute Gasteiger partial charge is 0.0932 e. The topological polar surface area (TPSA) is 38.0 Å². The molecule has 1 unspecified atom stereocenters. The van der Waals surface area contributed by atoms with Gasteiger partial charge in [0.15, 0.2) is 0 Å². The quantitative estimate of drug-likeness (QED) is 0.883. The van der Waals surface area contributed by atoms with Crippen LogP contribution in [0.5, 0.6) is 0 Å². The minimum atomic E-state index is 0.119. The summed E-state index contributed by atoms with van der Waals surface area (Å²) in [5.41, 5.74) is 8.15. The predicted molar refractivity (Wildman–Crippen MR) is 75.9 cm³/mol. The molecule has 0 amide bonds.